The van der Waals surface area contributed by atoms with E-state index in [9.17, 15) is 80.5 Å². The van der Waals surface area contributed by atoms with Crippen molar-refractivity contribution in [3.05, 3.63) is 357 Å². The van der Waals surface area contributed by atoms with Crippen LogP contribution in [0.1, 0.15) is 140 Å². The van der Waals surface area contributed by atoms with Crippen LogP contribution < -0.4 is 57.9 Å². The Morgan fingerprint density at radius 1 is 0.331 bits per heavy atom. The molecule has 688 valence electrons. The summed E-state index contributed by atoms with van der Waals surface area (Å²) >= 11 is 31.3. The lowest BCUT2D eigenvalue weighted by Crippen LogP contribution is -2.42. The molecule has 0 aliphatic carbocycles. The molecule has 0 saturated heterocycles. The molecule has 23 nitrogen and oxygen atoms in total. The molecule has 12 aromatic rings. The fourth-order valence-corrected chi connectivity index (χ4v) is 14.5. The summed E-state index contributed by atoms with van der Waals surface area (Å²) in [7, 11) is 1.60. The van der Waals surface area contributed by atoms with Crippen LogP contribution in [0.3, 0.4) is 0 Å². The summed E-state index contributed by atoms with van der Waals surface area (Å²) < 4.78 is 82.3. The number of hydrogen-bond donors (Lipinski definition) is 13. The van der Waals surface area contributed by atoms with E-state index in [1.54, 1.807) is 67.8 Å². The van der Waals surface area contributed by atoms with E-state index in [-0.39, 0.29) is 82.0 Å². The van der Waals surface area contributed by atoms with E-state index < -0.39 is 63.5 Å². The minimum absolute atomic E-state index is 0.00345. The molecule has 0 aliphatic heterocycles. The van der Waals surface area contributed by atoms with Crippen LogP contribution in [0.4, 0.5) is 54.8 Å². The number of benzene rings is 12. The number of alkyl halides is 6. The highest BCUT2D eigenvalue weighted by Gasteiger charge is 2.34. The van der Waals surface area contributed by atoms with Gasteiger partial charge in [0, 0.05) is 45.5 Å². The zero-order valence-corrected chi connectivity index (χ0v) is 78.4. The third-order valence-corrected chi connectivity index (χ3v) is 20.1. The number of phenols is 3. The molecule has 6 amide bonds. The minimum atomic E-state index is -4.57. The number of rotatable bonds is 14. The fraction of sp³-hybridized carbons (Fsp3) is 0.153. The number of carbonyl (C=O) groups excluding carboxylic acids is 6. The number of nitro benzene ring substituents is 1. The van der Waals surface area contributed by atoms with Gasteiger partial charge in [-0.15, -0.1) is 0 Å². The second-order valence-electron chi connectivity index (χ2n) is 30.5. The topological polar surface area (TPSA) is 336 Å². The molecule has 12 aromatic carbocycles. The average Bonchev–Trinajstić information content (AvgIpc) is 0.835. The van der Waals surface area contributed by atoms with Crippen LogP contribution in [0.15, 0.2) is 231 Å². The van der Waals surface area contributed by atoms with E-state index in [1.165, 1.54) is 19.9 Å². The maximum absolute atomic E-state index is 12.9. The van der Waals surface area contributed by atoms with E-state index in [2.05, 4.69) is 53.2 Å². The summed E-state index contributed by atoms with van der Waals surface area (Å²) in [5.41, 5.74) is 14.9. The second kappa shape index (κ2) is 46.9. The van der Waals surface area contributed by atoms with Crippen molar-refractivity contribution in [1.29, 1.82) is 0 Å². The predicted octanol–water partition coefficient (Wildman–Crippen LogP) is 22.1. The molecule has 0 fully saturated rings. The van der Waals surface area contributed by atoms with Gasteiger partial charge >= 0.3 is 12.4 Å². The highest BCUT2D eigenvalue weighted by Crippen LogP contribution is 2.39. The monoisotopic (exact) mass is 1920 g/mol. The molecule has 133 heavy (non-hydrogen) atoms. The van der Waals surface area contributed by atoms with Crippen LogP contribution in [0.2, 0.25) is 5.02 Å². The summed E-state index contributed by atoms with van der Waals surface area (Å²) in [6, 6.07) is 64.5. The van der Waals surface area contributed by atoms with Gasteiger partial charge in [0.15, 0.2) is 25.6 Å². The number of nitro groups is 1. The number of nitrogens with zero attached hydrogens (tertiary/aromatic N) is 1. The molecule has 0 aromatic heterocycles. The van der Waals surface area contributed by atoms with E-state index in [0.29, 0.717) is 51.0 Å². The molecule has 35 heteroatoms. The molecule has 12 rings (SSSR count). The van der Waals surface area contributed by atoms with Crippen LogP contribution in [-0.2, 0) is 12.4 Å². The highest BCUT2D eigenvalue weighted by molar-refractivity contribution is 7.81. The number of nitrogens with one attached hydrogen (secondary N) is 10. The molecule has 0 spiro atoms. The van der Waals surface area contributed by atoms with E-state index in [4.69, 9.17) is 77.4 Å². The molecule has 0 saturated carbocycles. The number of aromatic hydroxyl groups is 3. The molecular weight excluding hydrogens is 1830 g/mol. The first-order valence-electron chi connectivity index (χ1n) is 39.9. The molecule has 0 aliphatic rings. The standard InChI is InChI=1S/C23H22N2O2S.C22H20N2O2S.C19H17F3N2O2S.C18H17F3N2O2S.C16H14ClN3O4S/c1-15-11-16(2)13-19(12-15)22(26)25-23(28)24-20-14-18(9-10-21(20)27-3)17-7-5-4-6-8-17;1-14-10-15(2)12-18(11-14)21(26)24-22(27)23-19-13-17(8-9-20(19)25)16-6-4-3-5-7-16;1-10-4-11(2)6-13(5-10)16(25)23-18(27)24-17(26)14-7-12(3)8-15(9-14)19(20,21)22;1-9-4-10(2)6-12(5-9)16(25)23-17(26)22-15-11(3)7-13(8-14(15)24)18(19,20)21;1-8-3-9(2)5-10(4-8)15(22)19-16(25)18-12-7-13(20(23)24)11(17)6-14(12)21/h4-14H,1-3H3,(H2,24,25,26,28);3-13,25H,1-2H3,(H2,23,24,26,27);4-9H,1-3H3,(H2,23,24,25,26,27);4-8,24H,1-3H3,(H2,22,23,25,26);3-7,21H,1-2H3,(H2,18,19,22,25). The number of aryl methyl sites for hydroxylation is 12. The number of carbonyl (C=O) groups is 6. The first-order chi connectivity index (χ1) is 62.5. The van der Waals surface area contributed by atoms with Crippen molar-refractivity contribution >= 4 is 162 Å². The summed E-state index contributed by atoms with van der Waals surface area (Å²) in [5, 5.41) is 66.3. The summed E-state index contributed by atoms with van der Waals surface area (Å²) in [5.74, 6) is -3.05. The van der Waals surface area contributed by atoms with Gasteiger partial charge in [-0.1, -0.05) is 170 Å². The fourth-order valence-electron chi connectivity index (χ4n) is 13.2. The number of thiocarbonyl (C=S) groups is 5. The SMILES string of the molecule is COc1ccc(-c2ccccc2)cc1NC(=S)NC(=O)c1cc(C)cc(C)c1.Cc1cc(C)cc(C(=O)NC(=S)NC(=O)c2cc(C)cc(C(F)(F)F)c2)c1.Cc1cc(C)cc(C(=O)NC(=S)Nc2c(C)cc(C(F)(F)F)cc2O)c1.Cc1cc(C)cc(C(=O)NC(=S)Nc2cc(-c3ccccc3)ccc2O)c1.Cc1cc(C)cc(C(=O)NC(=S)Nc2cc([N+](=O)[O-])c(Cl)cc2O)c1. The first kappa shape index (κ1) is 104. The number of halogens is 7. The van der Waals surface area contributed by atoms with Gasteiger partial charge in [0.2, 0.25) is 0 Å². The van der Waals surface area contributed by atoms with Gasteiger partial charge < -0.3 is 41.3 Å². The number of phenolic OH excluding ortho intramolecular Hbond substituents is 3. The molecule has 0 unspecified atom stereocenters. The normalized spacial score (nSPS) is 10.6. The van der Waals surface area contributed by atoms with Crippen LogP contribution in [0.25, 0.3) is 22.3 Å². The van der Waals surface area contributed by atoms with E-state index >= 15 is 0 Å². The number of anilines is 4. The first-order valence-corrected chi connectivity index (χ1v) is 42.4. The minimum Gasteiger partial charge on any atom is -0.506 e. The van der Waals surface area contributed by atoms with Gasteiger partial charge in [0.1, 0.15) is 28.0 Å². The van der Waals surface area contributed by atoms with Gasteiger partial charge in [-0.3, -0.25) is 70.8 Å². The maximum atomic E-state index is 12.9. The molecule has 0 radical (unpaired) electrons. The zero-order chi connectivity index (χ0) is 98.2. The Kier molecular flexibility index (Phi) is 36.7. The summed E-state index contributed by atoms with van der Waals surface area (Å²) in [6.07, 6.45) is -9.14. The number of hydrogen-bond acceptors (Lipinski definition) is 17. The Bertz CT molecular complexity index is 6380. The Hall–Kier alpha value is -14.4. The van der Waals surface area contributed by atoms with Gasteiger partial charge in [0.25, 0.3) is 41.1 Å². The highest BCUT2D eigenvalue weighted by atomic mass is 35.5. The summed E-state index contributed by atoms with van der Waals surface area (Å²) in [4.78, 5) is 84.1. The lowest BCUT2D eigenvalue weighted by Gasteiger charge is -2.16. The van der Waals surface area contributed by atoms with Crippen LogP contribution in [-0.4, -0.2) is 88.4 Å². The average molecular weight is 1920 g/mol. The van der Waals surface area contributed by atoms with Crippen molar-refractivity contribution in [3.8, 4) is 45.3 Å². The maximum Gasteiger partial charge on any atom is 0.416 e. The second-order valence-corrected chi connectivity index (χ2v) is 32.9. The third kappa shape index (κ3) is 32.0. The van der Waals surface area contributed by atoms with Gasteiger partial charge in [-0.2, -0.15) is 26.3 Å². The largest absolute Gasteiger partial charge is 0.506 e. The molecule has 0 bridgehead atoms. The number of methoxy groups -OCH3 is 1. The van der Waals surface area contributed by atoms with Crippen molar-refractivity contribution < 1.29 is 80.1 Å². The Morgan fingerprint density at radius 3 is 0.955 bits per heavy atom. The molecular formula is C98H90ClF6N11O12S5. The van der Waals surface area contributed by atoms with Crippen LogP contribution in [0, 0.1) is 93.2 Å². The Morgan fingerprint density at radius 2 is 0.624 bits per heavy atom. The molecule has 0 atom stereocenters. The van der Waals surface area contributed by atoms with Crippen LogP contribution in [0.5, 0.6) is 23.0 Å². The van der Waals surface area contributed by atoms with Crippen molar-refractivity contribution in [2.75, 3.05) is 28.4 Å². The zero-order valence-electron chi connectivity index (χ0n) is 73.6. The van der Waals surface area contributed by atoms with Crippen LogP contribution >= 0.6 is 72.7 Å². The lowest BCUT2D eigenvalue weighted by atomic mass is 10.0. The van der Waals surface area contributed by atoms with Crippen molar-refractivity contribution in [2.24, 2.45) is 0 Å². The molecule has 0 heterocycles. The summed E-state index contributed by atoms with van der Waals surface area (Å²) in [6.45, 7) is 21.7. The number of ether oxygens (including phenoxy) is 1. The smallest absolute Gasteiger partial charge is 0.416 e. The Labute approximate surface area is 794 Å². The lowest BCUT2D eigenvalue weighted by molar-refractivity contribution is -0.384. The van der Waals surface area contributed by atoms with Gasteiger partial charge in [0.05, 0.1) is 45.9 Å². The van der Waals surface area contributed by atoms with Crippen molar-refractivity contribution in [1.82, 2.24) is 31.9 Å². The van der Waals surface area contributed by atoms with E-state index in [1.807, 2.05) is 197 Å². The van der Waals surface area contributed by atoms with Crippen molar-refractivity contribution in [2.45, 2.75) is 95.4 Å². The Balaban J connectivity index is 0.000000205. The number of amides is 6. The predicted molar refractivity (Wildman–Crippen MR) is 528 cm³/mol. The van der Waals surface area contributed by atoms with E-state index in [0.717, 1.165) is 108 Å². The van der Waals surface area contributed by atoms with Crippen molar-refractivity contribution in [3.63, 3.8) is 0 Å². The van der Waals surface area contributed by atoms with Gasteiger partial charge in [-0.05, 0) is 293 Å². The third-order valence-electron chi connectivity index (χ3n) is 18.7. The quantitative estimate of drug-likeness (QED) is 0.0158. The molecule has 13 N–H and O–H groups in total. The van der Waals surface area contributed by atoms with Gasteiger partial charge in [-0.25, -0.2) is 0 Å².